The molecule has 16 heavy (non-hydrogen) atoms. The van der Waals surface area contributed by atoms with Crippen molar-refractivity contribution in [3.63, 3.8) is 0 Å². The zero-order chi connectivity index (χ0) is 11.1. The summed E-state index contributed by atoms with van der Waals surface area (Å²) in [5.74, 6) is 0. The molecule has 0 spiro atoms. The third-order valence-corrected chi connectivity index (χ3v) is 2.80. The largest absolute Gasteiger partial charge is 0.353 e. The van der Waals surface area contributed by atoms with Crippen molar-refractivity contribution in [2.45, 2.75) is 6.92 Å². The quantitative estimate of drug-likeness (QED) is 0.579. The van der Waals surface area contributed by atoms with E-state index in [0.717, 1.165) is 16.6 Å². The minimum absolute atomic E-state index is 0.00644. The normalized spacial score (nSPS) is 11.1. The van der Waals surface area contributed by atoms with Crippen molar-refractivity contribution in [2.75, 3.05) is 0 Å². The van der Waals surface area contributed by atoms with Gasteiger partial charge in [-0.1, -0.05) is 12.1 Å². The fourth-order valence-corrected chi connectivity index (χ4v) is 1.97. The first-order chi connectivity index (χ1) is 7.77. The van der Waals surface area contributed by atoms with E-state index in [2.05, 4.69) is 9.97 Å². The molecule has 78 valence electrons. The van der Waals surface area contributed by atoms with E-state index in [1.807, 2.05) is 37.3 Å². The van der Waals surface area contributed by atoms with Crippen LogP contribution in [0.2, 0.25) is 0 Å². The molecular weight excluding hydrogens is 200 g/mol. The molecule has 0 amide bonds. The van der Waals surface area contributed by atoms with E-state index in [1.54, 1.807) is 6.20 Å². The molecule has 0 unspecified atom stereocenters. The van der Waals surface area contributed by atoms with Gasteiger partial charge in [0.25, 0.3) is 0 Å². The number of pyridine rings is 2. The summed E-state index contributed by atoms with van der Waals surface area (Å²) in [4.78, 5) is 19.5. The Hall–Kier alpha value is -2.16. The average Bonchev–Trinajstić information content (AvgIpc) is 2.31. The van der Waals surface area contributed by atoms with Gasteiger partial charge in [-0.05, 0) is 30.7 Å². The predicted octanol–water partition coefficient (Wildman–Crippen LogP) is 2.38. The van der Waals surface area contributed by atoms with Crippen molar-refractivity contribution < 1.29 is 0 Å². The zero-order valence-corrected chi connectivity index (χ0v) is 8.82. The van der Waals surface area contributed by atoms with Crippen LogP contribution in [0.15, 0.2) is 41.3 Å². The molecule has 0 aliphatic rings. The Balaban J connectivity index is 2.67. The minimum atomic E-state index is -0.00644. The van der Waals surface area contributed by atoms with Gasteiger partial charge >= 0.3 is 0 Å². The van der Waals surface area contributed by atoms with Crippen LogP contribution in [0.1, 0.15) is 5.56 Å². The predicted molar refractivity (Wildman–Crippen MR) is 64.6 cm³/mol. The Morgan fingerprint density at radius 1 is 1.19 bits per heavy atom. The van der Waals surface area contributed by atoms with Crippen molar-refractivity contribution in [3.8, 4) is 0 Å². The molecule has 0 aliphatic heterocycles. The van der Waals surface area contributed by atoms with Crippen LogP contribution in [-0.4, -0.2) is 9.97 Å². The summed E-state index contributed by atoms with van der Waals surface area (Å²) >= 11 is 0. The maximum absolute atomic E-state index is 12.2. The smallest absolute Gasteiger partial charge is 0.215 e. The molecule has 2 aromatic heterocycles. The van der Waals surface area contributed by atoms with Gasteiger partial charge in [0.1, 0.15) is 5.52 Å². The number of benzene rings is 1. The molecule has 3 aromatic rings. The number of aromatic amines is 1. The molecule has 0 saturated carbocycles. The van der Waals surface area contributed by atoms with Crippen LogP contribution in [0.4, 0.5) is 0 Å². The van der Waals surface area contributed by atoms with Crippen molar-refractivity contribution in [1.82, 2.24) is 9.97 Å². The van der Waals surface area contributed by atoms with Crippen LogP contribution in [0.25, 0.3) is 21.9 Å². The number of nitrogens with one attached hydrogen (secondary N) is 1. The molecular formula is C13H10N2O. The number of hydrogen-bond donors (Lipinski definition) is 1. The van der Waals surface area contributed by atoms with Gasteiger partial charge < -0.3 is 4.98 Å². The van der Waals surface area contributed by atoms with E-state index in [4.69, 9.17) is 0 Å². The highest BCUT2D eigenvalue weighted by Gasteiger charge is 2.06. The van der Waals surface area contributed by atoms with Crippen molar-refractivity contribution in [1.29, 1.82) is 0 Å². The van der Waals surface area contributed by atoms with Crippen molar-refractivity contribution in [3.05, 3.63) is 52.3 Å². The lowest BCUT2D eigenvalue weighted by Gasteiger charge is -2.03. The van der Waals surface area contributed by atoms with Crippen LogP contribution in [0.5, 0.6) is 0 Å². The Kier molecular flexibility index (Phi) is 1.80. The third kappa shape index (κ3) is 1.15. The van der Waals surface area contributed by atoms with Gasteiger partial charge in [0.05, 0.1) is 11.0 Å². The molecule has 1 N–H and O–H groups in total. The van der Waals surface area contributed by atoms with Crippen LogP contribution < -0.4 is 5.43 Å². The molecule has 0 fully saturated rings. The first-order valence-corrected chi connectivity index (χ1v) is 5.14. The summed E-state index contributed by atoms with van der Waals surface area (Å²) < 4.78 is 0. The van der Waals surface area contributed by atoms with E-state index >= 15 is 0 Å². The highest BCUT2D eigenvalue weighted by atomic mass is 16.1. The van der Waals surface area contributed by atoms with Crippen LogP contribution in [-0.2, 0) is 0 Å². The molecule has 0 atom stereocenters. The number of hydrogen-bond acceptors (Lipinski definition) is 2. The SMILES string of the molecule is Cc1cccc2c(=O)c3ncccc3[nH]c12. The van der Waals surface area contributed by atoms with Gasteiger partial charge in [-0.15, -0.1) is 0 Å². The average molecular weight is 210 g/mol. The number of rotatable bonds is 0. The maximum atomic E-state index is 12.2. The Morgan fingerprint density at radius 2 is 2.06 bits per heavy atom. The fraction of sp³-hybridized carbons (Fsp3) is 0.0769. The Bertz CT molecular complexity index is 744. The molecule has 3 nitrogen and oxygen atoms in total. The molecule has 3 rings (SSSR count). The van der Waals surface area contributed by atoms with Crippen molar-refractivity contribution >= 4 is 21.9 Å². The second-order valence-electron chi connectivity index (χ2n) is 3.85. The minimum Gasteiger partial charge on any atom is -0.353 e. The molecule has 3 heteroatoms. The number of aryl methyl sites for hydroxylation is 1. The monoisotopic (exact) mass is 210 g/mol. The van der Waals surface area contributed by atoms with Gasteiger partial charge in [0, 0.05) is 11.6 Å². The van der Waals surface area contributed by atoms with E-state index in [9.17, 15) is 4.79 Å². The number of para-hydroxylation sites is 1. The number of fused-ring (bicyclic) bond motifs is 2. The van der Waals surface area contributed by atoms with E-state index in [1.165, 1.54) is 0 Å². The van der Waals surface area contributed by atoms with E-state index in [0.29, 0.717) is 10.9 Å². The van der Waals surface area contributed by atoms with Crippen LogP contribution in [0.3, 0.4) is 0 Å². The van der Waals surface area contributed by atoms with Gasteiger partial charge in [-0.3, -0.25) is 9.78 Å². The zero-order valence-electron chi connectivity index (χ0n) is 8.82. The highest BCUT2D eigenvalue weighted by molar-refractivity contribution is 5.91. The lowest BCUT2D eigenvalue weighted by Crippen LogP contribution is -2.06. The maximum Gasteiger partial charge on any atom is 0.215 e. The van der Waals surface area contributed by atoms with Crippen LogP contribution >= 0.6 is 0 Å². The van der Waals surface area contributed by atoms with E-state index < -0.39 is 0 Å². The fourth-order valence-electron chi connectivity index (χ4n) is 1.97. The molecule has 0 saturated heterocycles. The molecule has 2 heterocycles. The molecule has 1 aromatic carbocycles. The lowest BCUT2D eigenvalue weighted by atomic mass is 10.1. The van der Waals surface area contributed by atoms with E-state index in [-0.39, 0.29) is 5.43 Å². The topological polar surface area (TPSA) is 45.8 Å². The lowest BCUT2D eigenvalue weighted by molar-refractivity contribution is 1.34. The first-order valence-electron chi connectivity index (χ1n) is 5.14. The highest BCUT2D eigenvalue weighted by Crippen LogP contribution is 2.15. The third-order valence-electron chi connectivity index (χ3n) is 2.80. The van der Waals surface area contributed by atoms with Gasteiger partial charge in [-0.25, -0.2) is 0 Å². The van der Waals surface area contributed by atoms with Gasteiger partial charge in [0.2, 0.25) is 5.43 Å². The van der Waals surface area contributed by atoms with Gasteiger partial charge in [-0.2, -0.15) is 0 Å². The molecule has 0 bridgehead atoms. The molecule has 0 aliphatic carbocycles. The summed E-state index contributed by atoms with van der Waals surface area (Å²) in [7, 11) is 0. The summed E-state index contributed by atoms with van der Waals surface area (Å²) in [6.07, 6.45) is 1.64. The van der Waals surface area contributed by atoms with Crippen LogP contribution in [0, 0.1) is 6.92 Å². The second kappa shape index (κ2) is 3.17. The first kappa shape index (κ1) is 9.09. The van der Waals surface area contributed by atoms with Gasteiger partial charge in [0.15, 0.2) is 0 Å². The second-order valence-corrected chi connectivity index (χ2v) is 3.85. The number of nitrogens with zero attached hydrogens (tertiary/aromatic N) is 1. The number of H-pyrrole nitrogens is 1. The summed E-state index contributed by atoms with van der Waals surface area (Å²) in [5.41, 5.74) is 3.25. The van der Waals surface area contributed by atoms with Crippen molar-refractivity contribution in [2.24, 2.45) is 0 Å². The Labute approximate surface area is 91.8 Å². The Morgan fingerprint density at radius 3 is 2.94 bits per heavy atom. The summed E-state index contributed by atoms with van der Waals surface area (Å²) in [6, 6.07) is 9.40. The molecule has 0 radical (unpaired) electrons. The number of aromatic nitrogens is 2. The summed E-state index contributed by atoms with van der Waals surface area (Å²) in [6.45, 7) is 1.99. The summed E-state index contributed by atoms with van der Waals surface area (Å²) in [5, 5.41) is 0.700. The standard InChI is InChI=1S/C13H10N2O/c1-8-4-2-5-9-11(8)15-10-6-3-7-14-12(10)13(9)16/h2-7H,1H3,(H,15,16).